The molecule has 0 aliphatic rings. The largest absolute Gasteiger partial charge is 0.491 e. The number of benzene rings is 2. The van der Waals surface area contributed by atoms with Crippen LogP contribution >= 0.6 is 0 Å². The highest BCUT2D eigenvalue weighted by atomic mass is 28.4. The Bertz CT molecular complexity index is 2020. The third-order valence-corrected chi connectivity index (χ3v) is 15.9. The first kappa shape index (κ1) is 58.4. The van der Waals surface area contributed by atoms with Crippen molar-refractivity contribution in [2.45, 2.75) is 112 Å². The molecule has 0 bridgehead atoms. The van der Waals surface area contributed by atoms with Crippen LogP contribution in [0.2, 0.25) is 17.1 Å². The Morgan fingerprint density at radius 2 is 1.21 bits per heavy atom. The summed E-state index contributed by atoms with van der Waals surface area (Å²) in [6.07, 6.45) is -9.32. The Morgan fingerprint density at radius 3 is 1.69 bits per heavy atom. The maximum Gasteiger partial charge on any atom is 0.460 e. The van der Waals surface area contributed by atoms with E-state index in [1.54, 1.807) is 0 Å². The first-order chi connectivity index (χ1) is 30.3. The second-order valence-corrected chi connectivity index (χ2v) is 20.4. The molecule has 380 valence electrons. The van der Waals surface area contributed by atoms with Gasteiger partial charge in [-0.15, -0.1) is 0 Å². The van der Waals surface area contributed by atoms with Crippen LogP contribution in [0.25, 0.3) is 0 Å². The minimum absolute atomic E-state index is 0.0196. The molecule has 0 radical (unpaired) electrons. The van der Waals surface area contributed by atoms with Crippen molar-refractivity contribution in [3.8, 4) is 5.75 Å². The molecule has 0 aliphatic heterocycles. The van der Waals surface area contributed by atoms with E-state index >= 15 is 0 Å². The van der Waals surface area contributed by atoms with E-state index in [-0.39, 0.29) is 17.9 Å². The van der Waals surface area contributed by atoms with Crippen molar-refractivity contribution in [2.75, 3.05) is 25.1 Å². The van der Waals surface area contributed by atoms with E-state index in [4.69, 9.17) is 18.6 Å². The summed E-state index contributed by atoms with van der Waals surface area (Å²) in [5.41, 5.74) is -2.10. The third-order valence-electron chi connectivity index (χ3n) is 10.3. The number of carbonyl (C=O) groups excluding carboxylic acids is 2. The van der Waals surface area contributed by atoms with Crippen molar-refractivity contribution in [2.24, 2.45) is 5.92 Å². The summed E-state index contributed by atoms with van der Waals surface area (Å²) in [6.45, 7) is 8.80. The Balaban J connectivity index is 2.32. The highest BCUT2D eigenvalue weighted by molar-refractivity contribution is 6.76. The Labute approximate surface area is 370 Å². The molecule has 0 unspecified atom stereocenters. The van der Waals surface area contributed by atoms with E-state index in [0.29, 0.717) is 6.07 Å². The van der Waals surface area contributed by atoms with Crippen LogP contribution in [0.15, 0.2) is 67.3 Å². The average molecular weight is 1020 g/mol. The lowest BCUT2D eigenvalue weighted by atomic mass is 9.88. The molecule has 0 aromatic heterocycles. The highest BCUT2D eigenvalue weighted by Gasteiger charge is 2.95. The van der Waals surface area contributed by atoms with E-state index in [1.807, 2.05) is 0 Å². The molecule has 2 rings (SSSR count). The number of anilines is 1. The Morgan fingerprint density at radius 1 is 0.701 bits per heavy atom. The number of ether oxygens (including phenoxy) is 3. The smallest absolute Gasteiger partial charge is 0.460 e. The lowest BCUT2D eigenvalue weighted by Gasteiger charge is -2.44. The van der Waals surface area contributed by atoms with E-state index in [9.17, 15) is 93.0 Å². The van der Waals surface area contributed by atoms with Gasteiger partial charge in [-0.05, 0) is 47.0 Å². The van der Waals surface area contributed by atoms with E-state index in [2.05, 4.69) is 11.9 Å². The summed E-state index contributed by atoms with van der Waals surface area (Å²) in [6, 6.07) is 6.14. The van der Waals surface area contributed by atoms with Crippen molar-refractivity contribution in [1.82, 2.24) is 0 Å². The van der Waals surface area contributed by atoms with Crippen molar-refractivity contribution in [1.29, 1.82) is 0 Å². The number of rotatable bonds is 24. The van der Waals surface area contributed by atoms with Gasteiger partial charge >= 0.3 is 59.7 Å². The van der Waals surface area contributed by atoms with Crippen LogP contribution in [-0.4, -0.2) is 87.8 Å². The van der Waals surface area contributed by atoms with Gasteiger partial charge in [0, 0.05) is 24.5 Å². The van der Waals surface area contributed by atoms with E-state index in [1.165, 1.54) is 71.0 Å². The predicted octanol–water partition coefficient (Wildman–Crippen LogP) is 13.7. The highest BCUT2D eigenvalue weighted by Crippen LogP contribution is 2.64. The van der Waals surface area contributed by atoms with Gasteiger partial charge < -0.3 is 18.6 Å². The fourth-order valence-electron chi connectivity index (χ4n) is 6.35. The van der Waals surface area contributed by atoms with Gasteiger partial charge in [-0.1, -0.05) is 65.5 Å². The number of amides is 1. The van der Waals surface area contributed by atoms with Crippen molar-refractivity contribution < 1.29 is 112 Å². The van der Waals surface area contributed by atoms with Gasteiger partial charge in [0.15, 0.2) is 8.32 Å². The molecule has 0 aliphatic carbocycles. The molecule has 1 N–H and O–H groups in total. The normalized spacial score (nSPS) is 14.9. The number of esters is 1. The quantitative estimate of drug-likeness (QED) is 0.0282. The molecule has 2 aromatic carbocycles. The molecule has 0 saturated carbocycles. The summed E-state index contributed by atoms with van der Waals surface area (Å²) in [5, 5.41) is 2.10. The Kier molecular flexibility index (Phi) is 18.6. The number of alkyl halides is 17. The second kappa shape index (κ2) is 21.3. The molecule has 0 saturated heterocycles. The molecule has 2 atom stereocenters. The van der Waals surface area contributed by atoms with Crippen LogP contribution in [0.1, 0.15) is 52.7 Å². The van der Waals surface area contributed by atoms with Crippen LogP contribution in [0.3, 0.4) is 0 Å². The number of nitrogens with one attached hydrogen (secondary N) is 1. The number of carbonyl (C=O) groups is 2. The van der Waals surface area contributed by atoms with Crippen molar-refractivity contribution in [3.05, 3.63) is 84.5 Å². The summed E-state index contributed by atoms with van der Waals surface area (Å²) in [4.78, 5) is 24.8. The summed E-state index contributed by atoms with van der Waals surface area (Å²) >= 11 is 0. The van der Waals surface area contributed by atoms with Crippen LogP contribution in [0.4, 0.5) is 93.9 Å². The maximum absolute atomic E-state index is 15.0. The number of hydrogen-bond acceptors (Lipinski definition) is 6. The van der Waals surface area contributed by atoms with Gasteiger partial charge in [0.1, 0.15) is 36.7 Å². The van der Waals surface area contributed by atoms with Gasteiger partial charge in [0.05, 0.1) is 12.3 Å². The van der Waals surface area contributed by atoms with Gasteiger partial charge in [0.25, 0.3) is 0 Å². The lowest BCUT2D eigenvalue weighted by Crippen LogP contribution is -2.74. The molecule has 0 spiro atoms. The summed E-state index contributed by atoms with van der Waals surface area (Å²) in [5.74, 6) is -60.7. The second-order valence-electron chi connectivity index (χ2n) is 15.4. The molecule has 0 fully saturated rings. The minimum atomic E-state index is -8.72. The lowest BCUT2D eigenvalue weighted by molar-refractivity contribution is -0.461. The first-order valence-corrected chi connectivity index (χ1v) is 21.6. The maximum atomic E-state index is 15.0. The molecular weight excluding hydrogens is 979 g/mol. The SMILES string of the molecule is C=CCOC(=O)/C=C/[C@H](C)[C@H](OC(=O)Nc1ccc(F)cc1F)c1ccc(OCCO[Si](CCC(F)(F)C(F)(F)C(F)(F)C(F)(F)C(F)(F)C(F)(F)C(F)(F)C(F)(F)F)(C(C)C)C(C)C)cc1. The van der Waals surface area contributed by atoms with Crippen molar-refractivity contribution >= 4 is 26.1 Å². The Hall–Kier alpha value is -4.69. The molecule has 67 heavy (non-hydrogen) atoms. The number of halogens is 19. The fourth-order valence-corrected chi connectivity index (χ4v) is 10.8. The molecule has 7 nitrogen and oxygen atoms in total. The molecular formula is C40H42F19NO6Si. The summed E-state index contributed by atoms with van der Waals surface area (Å²) in [7, 11) is -4.06. The molecule has 0 heterocycles. The summed E-state index contributed by atoms with van der Waals surface area (Å²) < 4.78 is 285. The van der Waals surface area contributed by atoms with Gasteiger partial charge in [-0.3, -0.25) is 5.32 Å². The zero-order chi connectivity index (χ0) is 52.0. The third kappa shape index (κ3) is 12.1. The van der Waals surface area contributed by atoms with Crippen LogP contribution in [0, 0.1) is 17.6 Å². The van der Waals surface area contributed by atoms with Crippen LogP contribution in [0.5, 0.6) is 5.75 Å². The van der Waals surface area contributed by atoms with E-state index in [0.717, 1.165) is 18.2 Å². The predicted molar refractivity (Wildman–Crippen MR) is 203 cm³/mol. The van der Waals surface area contributed by atoms with Crippen LogP contribution < -0.4 is 10.1 Å². The van der Waals surface area contributed by atoms with Crippen molar-refractivity contribution in [3.63, 3.8) is 0 Å². The topological polar surface area (TPSA) is 83.1 Å². The van der Waals surface area contributed by atoms with Gasteiger partial charge in [-0.2, -0.15) is 74.6 Å². The molecule has 2 aromatic rings. The van der Waals surface area contributed by atoms with E-state index < -0.39 is 134 Å². The molecule has 1 amide bonds. The monoisotopic (exact) mass is 1020 g/mol. The standard InChI is InChI=1S/C40H42F19NO6Si/c1-7-17-64-30(61)15-8-24(6)31(66-32(62)60-29-14-11-26(41)21-28(29)42)25-9-12-27(13-10-25)63-18-19-65-67(22(2)3,23(4)5)20-16-33(43,44)34(45,46)35(47,48)36(49,50)37(51,52)38(53,54)39(55,56)40(57,58)59/h7-15,21-24,31H,1,16-20H2,2-6H3,(H,60,62)/b15-8+/t24-,31-/m0/s1. The average Bonchev–Trinajstić information content (AvgIpc) is 3.21. The zero-order valence-corrected chi connectivity index (χ0v) is 36.5. The number of hydrogen-bond donors (Lipinski definition) is 1. The fraction of sp³-hybridized carbons (Fsp3) is 0.550. The zero-order valence-electron chi connectivity index (χ0n) is 35.5. The van der Waals surface area contributed by atoms with Gasteiger partial charge in [-0.25, -0.2) is 18.4 Å². The minimum Gasteiger partial charge on any atom is -0.491 e. The first-order valence-electron chi connectivity index (χ1n) is 19.3. The van der Waals surface area contributed by atoms with Gasteiger partial charge in [0.2, 0.25) is 0 Å². The molecule has 27 heteroatoms. The van der Waals surface area contributed by atoms with Crippen LogP contribution in [-0.2, 0) is 18.7 Å².